The summed E-state index contributed by atoms with van der Waals surface area (Å²) < 4.78 is 5.84. The van der Waals surface area contributed by atoms with Crippen molar-refractivity contribution in [2.45, 2.75) is 27.3 Å². The number of pyridine rings is 1. The van der Waals surface area contributed by atoms with Crippen LogP contribution in [0.3, 0.4) is 0 Å². The number of aromatic nitrogens is 1. The first kappa shape index (κ1) is 21.0. The van der Waals surface area contributed by atoms with Crippen LogP contribution < -0.4 is 15.4 Å². The summed E-state index contributed by atoms with van der Waals surface area (Å²) in [5.74, 6) is 0.711. The van der Waals surface area contributed by atoms with Crippen LogP contribution in [0, 0.1) is 20.8 Å². The van der Waals surface area contributed by atoms with Crippen LogP contribution in [0.5, 0.6) is 11.6 Å². The second-order valence-corrected chi connectivity index (χ2v) is 7.20. The van der Waals surface area contributed by atoms with Gasteiger partial charge in [0.2, 0.25) is 11.8 Å². The average molecular weight is 403 g/mol. The van der Waals surface area contributed by atoms with Crippen LogP contribution >= 0.6 is 0 Å². The molecule has 0 fully saturated rings. The second kappa shape index (κ2) is 9.69. The molecule has 0 bridgehead atoms. The van der Waals surface area contributed by atoms with E-state index in [2.05, 4.69) is 15.6 Å². The van der Waals surface area contributed by atoms with Crippen molar-refractivity contribution in [2.24, 2.45) is 0 Å². The quantitative estimate of drug-likeness (QED) is 0.628. The molecule has 0 radical (unpaired) electrons. The largest absolute Gasteiger partial charge is 0.439 e. The normalized spacial score (nSPS) is 10.4. The summed E-state index contributed by atoms with van der Waals surface area (Å²) in [6.07, 6.45) is 1.66. The van der Waals surface area contributed by atoms with Gasteiger partial charge in [0.05, 0.1) is 6.54 Å². The van der Waals surface area contributed by atoms with E-state index in [4.69, 9.17) is 4.74 Å². The van der Waals surface area contributed by atoms with E-state index in [1.54, 1.807) is 24.4 Å². The van der Waals surface area contributed by atoms with Gasteiger partial charge in [0, 0.05) is 24.4 Å². The number of benzene rings is 2. The molecular weight excluding hydrogens is 378 g/mol. The second-order valence-electron chi connectivity index (χ2n) is 7.20. The Balaban J connectivity index is 1.46. The smallest absolute Gasteiger partial charge is 0.251 e. The maximum atomic E-state index is 12.1. The molecule has 154 valence electrons. The zero-order valence-corrected chi connectivity index (χ0v) is 17.4. The molecule has 0 saturated heterocycles. The van der Waals surface area contributed by atoms with E-state index >= 15 is 0 Å². The molecule has 6 heteroatoms. The fourth-order valence-corrected chi connectivity index (χ4v) is 2.74. The molecule has 2 aromatic carbocycles. The summed E-state index contributed by atoms with van der Waals surface area (Å²) in [6.45, 7) is 6.17. The van der Waals surface area contributed by atoms with Gasteiger partial charge in [-0.3, -0.25) is 9.59 Å². The van der Waals surface area contributed by atoms with E-state index in [0.29, 0.717) is 18.0 Å². The van der Waals surface area contributed by atoms with Crippen LogP contribution in [0.2, 0.25) is 0 Å². The van der Waals surface area contributed by atoms with Gasteiger partial charge in [-0.05, 0) is 55.7 Å². The van der Waals surface area contributed by atoms with Crippen LogP contribution in [0.1, 0.15) is 32.6 Å². The van der Waals surface area contributed by atoms with E-state index in [1.807, 2.05) is 57.2 Å². The third-order valence-electron chi connectivity index (χ3n) is 4.57. The molecule has 1 heterocycles. The zero-order valence-electron chi connectivity index (χ0n) is 17.4. The summed E-state index contributed by atoms with van der Waals surface area (Å²) in [5, 5.41) is 5.38. The molecule has 0 aliphatic heterocycles. The highest BCUT2D eigenvalue weighted by atomic mass is 16.5. The van der Waals surface area contributed by atoms with Crippen molar-refractivity contribution in [3.05, 3.63) is 88.6 Å². The monoisotopic (exact) mass is 403 g/mol. The lowest BCUT2D eigenvalue weighted by Gasteiger charge is -2.10. The van der Waals surface area contributed by atoms with Crippen LogP contribution in [-0.2, 0) is 11.3 Å². The SMILES string of the molecule is Cc1ccc(C(=O)NCC(=O)NCc2ccc(Oc3cc(C)ccc3C)nc2)cc1. The molecule has 0 aliphatic carbocycles. The lowest BCUT2D eigenvalue weighted by molar-refractivity contribution is -0.120. The van der Waals surface area contributed by atoms with Gasteiger partial charge in [-0.15, -0.1) is 0 Å². The number of hydrogen-bond donors (Lipinski definition) is 2. The molecule has 3 aromatic rings. The van der Waals surface area contributed by atoms with Crippen LogP contribution in [-0.4, -0.2) is 23.3 Å². The molecule has 0 atom stereocenters. The summed E-state index contributed by atoms with van der Waals surface area (Å²) in [5.41, 5.74) is 4.58. The maximum Gasteiger partial charge on any atom is 0.251 e. The van der Waals surface area contributed by atoms with E-state index in [1.165, 1.54) is 0 Å². The molecule has 6 nitrogen and oxygen atoms in total. The van der Waals surface area contributed by atoms with Gasteiger partial charge in [-0.25, -0.2) is 4.98 Å². The van der Waals surface area contributed by atoms with Gasteiger partial charge < -0.3 is 15.4 Å². The summed E-state index contributed by atoms with van der Waals surface area (Å²) in [6, 6.07) is 16.8. The number of hydrogen-bond acceptors (Lipinski definition) is 4. The Hall–Kier alpha value is -3.67. The Labute approximate surface area is 176 Å². The Morgan fingerprint density at radius 1 is 0.900 bits per heavy atom. The topological polar surface area (TPSA) is 80.3 Å². The third-order valence-corrected chi connectivity index (χ3v) is 4.57. The minimum atomic E-state index is -0.278. The Morgan fingerprint density at radius 2 is 1.63 bits per heavy atom. The molecule has 0 aliphatic rings. The molecule has 1 aromatic heterocycles. The maximum absolute atomic E-state index is 12.1. The third kappa shape index (κ3) is 5.91. The van der Waals surface area contributed by atoms with Crippen molar-refractivity contribution in [1.82, 2.24) is 15.6 Å². The molecule has 0 saturated carbocycles. The highest BCUT2D eigenvalue weighted by Crippen LogP contribution is 2.24. The standard InChI is InChI=1S/C24H25N3O3/c1-16-5-9-20(10-6-16)24(29)27-15-22(28)25-13-19-8-11-23(26-14-19)30-21-12-17(2)4-7-18(21)3/h4-12,14H,13,15H2,1-3H3,(H,25,28)(H,27,29). The van der Waals surface area contributed by atoms with E-state index in [0.717, 1.165) is 28.0 Å². The fraction of sp³-hybridized carbons (Fsp3) is 0.208. The summed E-state index contributed by atoms with van der Waals surface area (Å²) in [4.78, 5) is 28.4. The fourth-order valence-electron chi connectivity index (χ4n) is 2.74. The van der Waals surface area contributed by atoms with Crippen molar-refractivity contribution in [1.29, 1.82) is 0 Å². The molecule has 30 heavy (non-hydrogen) atoms. The predicted molar refractivity (Wildman–Crippen MR) is 116 cm³/mol. The number of carbonyl (C=O) groups excluding carboxylic acids is 2. The van der Waals surface area contributed by atoms with Gasteiger partial charge in [0.1, 0.15) is 5.75 Å². The number of rotatable bonds is 7. The van der Waals surface area contributed by atoms with Crippen LogP contribution in [0.15, 0.2) is 60.8 Å². The minimum Gasteiger partial charge on any atom is -0.439 e. The first-order chi connectivity index (χ1) is 14.4. The number of ether oxygens (including phenoxy) is 1. The molecule has 2 amide bonds. The molecule has 3 rings (SSSR count). The van der Waals surface area contributed by atoms with Gasteiger partial charge in [0.15, 0.2) is 0 Å². The number of amides is 2. The first-order valence-corrected chi connectivity index (χ1v) is 9.72. The van der Waals surface area contributed by atoms with E-state index < -0.39 is 0 Å². The lowest BCUT2D eigenvalue weighted by atomic mass is 10.1. The average Bonchev–Trinajstić information content (AvgIpc) is 2.74. The summed E-state index contributed by atoms with van der Waals surface area (Å²) in [7, 11) is 0. The Bertz CT molecular complexity index is 1030. The Kier molecular flexibility index (Phi) is 6.80. The van der Waals surface area contributed by atoms with Crippen molar-refractivity contribution in [3.63, 3.8) is 0 Å². The van der Waals surface area contributed by atoms with E-state index in [9.17, 15) is 9.59 Å². The molecular formula is C24H25N3O3. The molecule has 0 spiro atoms. The number of nitrogens with zero attached hydrogens (tertiary/aromatic N) is 1. The Morgan fingerprint density at radius 3 is 2.33 bits per heavy atom. The highest BCUT2D eigenvalue weighted by molar-refractivity contribution is 5.96. The first-order valence-electron chi connectivity index (χ1n) is 9.72. The van der Waals surface area contributed by atoms with Gasteiger partial charge in [-0.2, -0.15) is 0 Å². The molecule has 2 N–H and O–H groups in total. The van der Waals surface area contributed by atoms with Crippen LogP contribution in [0.25, 0.3) is 0 Å². The van der Waals surface area contributed by atoms with Crippen molar-refractivity contribution in [3.8, 4) is 11.6 Å². The zero-order chi connectivity index (χ0) is 21.5. The lowest BCUT2D eigenvalue weighted by Crippen LogP contribution is -2.36. The van der Waals surface area contributed by atoms with Gasteiger partial charge in [0.25, 0.3) is 5.91 Å². The predicted octanol–water partition coefficient (Wildman–Crippen LogP) is 3.85. The van der Waals surface area contributed by atoms with Gasteiger partial charge in [-0.1, -0.05) is 35.9 Å². The van der Waals surface area contributed by atoms with Crippen molar-refractivity contribution < 1.29 is 14.3 Å². The van der Waals surface area contributed by atoms with Crippen molar-refractivity contribution in [2.75, 3.05) is 6.54 Å². The number of nitrogens with one attached hydrogen (secondary N) is 2. The van der Waals surface area contributed by atoms with Crippen LogP contribution in [0.4, 0.5) is 0 Å². The number of carbonyl (C=O) groups is 2. The van der Waals surface area contributed by atoms with Crippen molar-refractivity contribution >= 4 is 11.8 Å². The van der Waals surface area contributed by atoms with E-state index in [-0.39, 0.29) is 18.4 Å². The summed E-state index contributed by atoms with van der Waals surface area (Å²) >= 11 is 0. The number of aryl methyl sites for hydroxylation is 3. The van der Waals surface area contributed by atoms with Gasteiger partial charge >= 0.3 is 0 Å². The molecule has 0 unspecified atom stereocenters. The minimum absolute atomic E-state index is 0.0893. The highest BCUT2D eigenvalue weighted by Gasteiger charge is 2.08.